The van der Waals surface area contributed by atoms with E-state index < -0.39 is 0 Å². The number of imide groups is 1. The van der Waals surface area contributed by atoms with Crippen molar-refractivity contribution in [2.45, 2.75) is 20.3 Å². The van der Waals surface area contributed by atoms with E-state index in [-0.39, 0.29) is 47.9 Å². The van der Waals surface area contributed by atoms with Gasteiger partial charge >= 0.3 is 0 Å². The Morgan fingerprint density at radius 3 is 2.38 bits per heavy atom. The smallest absolute Gasteiger partial charge is 0.244 e. The van der Waals surface area contributed by atoms with Gasteiger partial charge in [-0.05, 0) is 49.3 Å². The first-order valence-electron chi connectivity index (χ1n) is 8.37. The van der Waals surface area contributed by atoms with Crippen molar-refractivity contribution in [3.63, 3.8) is 0 Å². The molecule has 2 fully saturated rings. The summed E-state index contributed by atoms with van der Waals surface area (Å²) >= 11 is 0. The maximum Gasteiger partial charge on any atom is 0.244 e. The van der Waals surface area contributed by atoms with Crippen LogP contribution in [-0.4, -0.2) is 29.2 Å². The first-order chi connectivity index (χ1) is 11.5. The molecule has 1 saturated heterocycles. The molecule has 2 aliphatic carbocycles. The largest absolute Gasteiger partial charge is 0.324 e. The van der Waals surface area contributed by atoms with Crippen molar-refractivity contribution >= 4 is 23.4 Å². The fraction of sp³-hybridized carbons (Fsp3) is 0.421. The normalized spacial score (nSPS) is 30.2. The van der Waals surface area contributed by atoms with Crippen LogP contribution in [0.25, 0.3) is 0 Å². The number of carbonyl (C=O) groups is 3. The summed E-state index contributed by atoms with van der Waals surface area (Å²) < 4.78 is 0. The molecule has 0 unspecified atom stereocenters. The molecular weight excluding hydrogens is 304 g/mol. The quantitative estimate of drug-likeness (QED) is 0.683. The van der Waals surface area contributed by atoms with Crippen molar-refractivity contribution in [3.05, 3.63) is 41.5 Å². The minimum absolute atomic E-state index is 0.170. The Hall–Kier alpha value is -2.43. The third kappa shape index (κ3) is 2.11. The highest BCUT2D eigenvalue weighted by atomic mass is 16.2. The van der Waals surface area contributed by atoms with Gasteiger partial charge in [-0.2, -0.15) is 0 Å². The Bertz CT molecular complexity index is 753. The lowest BCUT2D eigenvalue weighted by atomic mass is 9.85. The third-order valence-electron chi connectivity index (χ3n) is 5.74. The van der Waals surface area contributed by atoms with Gasteiger partial charge in [-0.1, -0.05) is 24.3 Å². The number of aryl methyl sites for hydroxylation is 1. The molecule has 1 aliphatic heterocycles. The van der Waals surface area contributed by atoms with Gasteiger partial charge in [0.05, 0.1) is 11.8 Å². The lowest BCUT2D eigenvalue weighted by Gasteiger charge is -2.17. The second kappa shape index (κ2) is 5.30. The van der Waals surface area contributed by atoms with E-state index in [2.05, 4.69) is 17.5 Å². The topological polar surface area (TPSA) is 66.5 Å². The summed E-state index contributed by atoms with van der Waals surface area (Å²) in [6, 6.07) is 5.67. The van der Waals surface area contributed by atoms with Gasteiger partial charge in [-0.15, -0.1) is 0 Å². The Balaban J connectivity index is 1.48. The van der Waals surface area contributed by atoms with Gasteiger partial charge in [-0.3, -0.25) is 19.3 Å². The van der Waals surface area contributed by atoms with Crippen molar-refractivity contribution in [2.75, 3.05) is 11.9 Å². The molecule has 0 radical (unpaired) electrons. The monoisotopic (exact) mass is 324 g/mol. The van der Waals surface area contributed by atoms with Crippen LogP contribution in [0.15, 0.2) is 30.4 Å². The summed E-state index contributed by atoms with van der Waals surface area (Å²) in [5, 5.41) is 2.82. The van der Waals surface area contributed by atoms with Gasteiger partial charge in [-0.25, -0.2) is 0 Å². The Kier molecular flexibility index (Phi) is 3.34. The van der Waals surface area contributed by atoms with Crippen molar-refractivity contribution in [1.82, 2.24) is 4.90 Å². The van der Waals surface area contributed by atoms with Crippen LogP contribution in [-0.2, 0) is 14.4 Å². The molecule has 1 aromatic carbocycles. The number of allylic oxidation sites excluding steroid dienone is 2. The van der Waals surface area contributed by atoms with E-state index in [1.54, 1.807) is 0 Å². The van der Waals surface area contributed by atoms with E-state index in [4.69, 9.17) is 0 Å². The van der Waals surface area contributed by atoms with Gasteiger partial charge in [0.1, 0.15) is 6.54 Å². The maximum absolute atomic E-state index is 12.6. The van der Waals surface area contributed by atoms with Crippen LogP contribution in [0.2, 0.25) is 0 Å². The number of carbonyl (C=O) groups excluding carboxylic acids is 3. The minimum atomic E-state index is -0.328. The summed E-state index contributed by atoms with van der Waals surface area (Å²) in [4.78, 5) is 38.7. The highest BCUT2D eigenvalue weighted by Gasteiger charge is 2.59. The number of rotatable bonds is 3. The predicted octanol–water partition coefficient (Wildman–Crippen LogP) is 2.05. The van der Waals surface area contributed by atoms with Gasteiger partial charge in [0.25, 0.3) is 0 Å². The Morgan fingerprint density at radius 1 is 1.12 bits per heavy atom. The van der Waals surface area contributed by atoms with Crippen LogP contribution < -0.4 is 5.32 Å². The van der Waals surface area contributed by atoms with Crippen LogP contribution in [0.3, 0.4) is 0 Å². The minimum Gasteiger partial charge on any atom is -0.324 e. The first kappa shape index (κ1) is 15.1. The van der Waals surface area contributed by atoms with Gasteiger partial charge in [0.2, 0.25) is 17.7 Å². The molecule has 1 heterocycles. The lowest BCUT2D eigenvalue weighted by Crippen LogP contribution is -2.39. The van der Waals surface area contributed by atoms with E-state index in [0.717, 1.165) is 28.1 Å². The molecule has 124 valence electrons. The second-order valence-corrected chi connectivity index (χ2v) is 7.06. The Morgan fingerprint density at radius 2 is 1.75 bits per heavy atom. The molecule has 4 rings (SSSR count). The van der Waals surface area contributed by atoms with E-state index in [1.165, 1.54) is 0 Å². The number of nitrogens with one attached hydrogen (secondary N) is 1. The number of amides is 3. The number of benzene rings is 1. The maximum atomic E-state index is 12.6. The highest BCUT2D eigenvalue weighted by molar-refractivity contribution is 6.09. The molecule has 0 aromatic heterocycles. The summed E-state index contributed by atoms with van der Waals surface area (Å²) in [6.07, 6.45) is 5.00. The summed E-state index contributed by atoms with van der Waals surface area (Å²) in [5.41, 5.74) is 2.79. The fourth-order valence-corrected chi connectivity index (χ4v) is 4.34. The van der Waals surface area contributed by atoms with Gasteiger partial charge in [0, 0.05) is 5.69 Å². The standard InChI is InChI=1S/C19H20N2O3/c1-10-4-3-5-14(11(10)2)20-15(22)9-21-18(23)16-12-6-7-13(8-12)17(16)19(21)24/h3-7,12-13,16-17H,8-9H2,1-2H3,(H,20,22)/t12-,13-,16+,17+/m0/s1. The molecule has 24 heavy (non-hydrogen) atoms. The molecule has 3 amide bonds. The van der Waals surface area contributed by atoms with Crippen molar-refractivity contribution in [2.24, 2.45) is 23.7 Å². The van der Waals surface area contributed by atoms with Gasteiger partial charge < -0.3 is 5.32 Å². The first-order valence-corrected chi connectivity index (χ1v) is 8.37. The lowest BCUT2D eigenvalue weighted by molar-refractivity contribution is -0.143. The second-order valence-electron chi connectivity index (χ2n) is 7.06. The number of nitrogens with zero attached hydrogens (tertiary/aromatic N) is 1. The molecule has 1 saturated carbocycles. The molecule has 1 aromatic rings. The van der Waals surface area contributed by atoms with Crippen LogP contribution in [0.1, 0.15) is 17.5 Å². The van der Waals surface area contributed by atoms with E-state index in [1.807, 2.05) is 32.0 Å². The average Bonchev–Trinajstić information content (AvgIpc) is 3.22. The molecule has 1 N–H and O–H groups in total. The highest BCUT2D eigenvalue weighted by Crippen LogP contribution is 2.52. The zero-order valence-electron chi connectivity index (χ0n) is 13.8. The number of hydrogen-bond acceptors (Lipinski definition) is 3. The van der Waals surface area contributed by atoms with E-state index >= 15 is 0 Å². The van der Waals surface area contributed by atoms with Crippen LogP contribution in [0.4, 0.5) is 5.69 Å². The number of fused-ring (bicyclic) bond motifs is 5. The molecule has 3 aliphatic rings. The number of hydrogen-bond donors (Lipinski definition) is 1. The molecule has 0 spiro atoms. The van der Waals surface area contributed by atoms with E-state index in [0.29, 0.717) is 0 Å². The molecule has 5 heteroatoms. The molecule has 4 atom stereocenters. The molecule has 2 bridgehead atoms. The summed E-state index contributed by atoms with van der Waals surface area (Å²) in [6.45, 7) is 3.71. The van der Waals surface area contributed by atoms with Crippen molar-refractivity contribution in [3.8, 4) is 0 Å². The average molecular weight is 324 g/mol. The van der Waals surface area contributed by atoms with Crippen molar-refractivity contribution in [1.29, 1.82) is 0 Å². The third-order valence-corrected chi connectivity index (χ3v) is 5.74. The Labute approximate surface area is 140 Å². The summed E-state index contributed by atoms with van der Waals surface area (Å²) in [5.74, 6) is -0.851. The zero-order valence-corrected chi connectivity index (χ0v) is 13.8. The van der Waals surface area contributed by atoms with Crippen LogP contribution in [0.5, 0.6) is 0 Å². The van der Waals surface area contributed by atoms with Crippen molar-refractivity contribution < 1.29 is 14.4 Å². The van der Waals surface area contributed by atoms with E-state index in [9.17, 15) is 14.4 Å². The summed E-state index contributed by atoms with van der Waals surface area (Å²) in [7, 11) is 0. The number of anilines is 1. The zero-order chi connectivity index (χ0) is 17.0. The fourth-order valence-electron chi connectivity index (χ4n) is 4.34. The molecule has 5 nitrogen and oxygen atoms in total. The predicted molar refractivity (Wildman–Crippen MR) is 89.0 cm³/mol. The SMILES string of the molecule is Cc1cccc(NC(=O)CN2C(=O)[C@H]3[C@H](C2=O)[C@H]2C=C[C@H]3C2)c1C. The van der Waals surface area contributed by atoms with Gasteiger partial charge in [0.15, 0.2) is 0 Å². The number of likely N-dealkylation sites (tertiary alicyclic amines) is 1. The van der Waals surface area contributed by atoms with Crippen LogP contribution >= 0.6 is 0 Å². The van der Waals surface area contributed by atoms with Crippen LogP contribution in [0, 0.1) is 37.5 Å². The molecular formula is C19H20N2O3.